The molecule has 0 fully saturated rings. The summed E-state index contributed by atoms with van der Waals surface area (Å²) in [5.41, 5.74) is 0.431. The molecule has 4 nitrogen and oxygen atoms in total. The van der Waals surface area contributed by atoms with E-state index < -0.39 is 11.8 Å². The van der Waals surface area contributed by atoms with Gasteiger partial charge in [0.25, 0.3) is 0 Å². The van der Waals surface area contributed by atoms with Crippen LogP contribution in [0, 0.1) is 5.82 Å². The predicted molar refractivity (Wildman–Crippen MR) is 56.9 cm³/mol. The minimum Gasteiger partial charge on any atom is -0.478 e. The number of aromatic carboxylic acids is 1. The summed E-state index contributed by atoms with van der Waals surface area (Å²) in [6.45, 7) is 1.41. The molecule has 2 N–H and O–H groups in total. The lowest BCUT2D eigenvalue weighted by molar-refractivity contribution is 0.0696. The van der Waals surface area contributed by atoms with Gasteiger partial charge >= 0.3 is 5.97 Å². The third kappa shape index (κ3) is 3.60. The van der Waals surface area contributed by atoms with Gasteiger partial charge in [-0.15, -0.1) is 0 Å². The number of ether oxygens (including phenoxy) is 1. The van der Waals surface area contributed by atoms with Crippen LogP contribution in [0.4, 0.5) is 4.39 Å². The highest BCUT2D eigenvalue weighted by molar-refractivity contribution is 5.87. The first kappa shape index (κ1) is 12.6. The number of hydrogen-bond acceptors (Lipinski definition) is 3. The number of nitrogens with one attached hydrogen (secondary N) is 1. The Kier molecular flexibility index (Phi) is 4.88. The van der Waals surface area contributed by atoms with Crippen LogP contribution in [-0.2, 0) is 11.3 Å². The monoisotopic (exact) mass is 227 g/mol. The summed E-state index contributed by atoms with van der Waals surface area (Å²) in [7, 11) is 1.58. The summed E-state index contributed by atoms with van der Waals surface area (Å²) < 4.78 is 18.1. The minimum atomic E-state index is -1.06. The number of rotatable bonds is 6. The van der Waals surface area contributed by atoms with Crippen LogP contribution in [0.25, 0.3) is 0 Å². The topological polar surface area (TPSA) is 58.6 Å². The van der Waals surface area contributed by atoms with Crippen LogP contribution < -0.4 is 5.32 Å². The van der Waals surface area contributed by atoms with Crippen LogP contribution in [-0.4, -0.2) is 31.3 Å². The Morgan fingerprint density at radius 2 is 2.31 bits per heavy atom. The number of hydrogen-bond donors (Lipinski definition) is 2. The maximum Gasteiger partial charge on any atom is 0.335 e. The first-order valence-corrected chi connectivity index (χ1v) is 4.86. The van der Waals surface area contributed by atoms with Crippen molar-refractivity contribution >= 4 is 5.97 Å². The standard InChI is InChI=1S/C11H14FNO3/c1-16-5-4-13-7-9-6-8(11(14)15)2-3-10(9)12/h2-3,6,13H,4-5,7H2,1H3,(H,14,15). The fourth-order valence-electron chi connectivity index (χ4n) is 1.24. The zero-order valence-electron chi connectivity index (χ0n) is 9.00. The molecule has 0 aliphatic heterocycles. The lowest BCUT2D eigenvalue weighted by atomic mass is 10.1. The first-order chi connectivity index (χ1) is 7.65. The van der Waals surface area contributed by atoms with E-state index in [0.29, 0.717) is 18.7 Å². The van der Waals surface area contributed by atoms with Gasteiger partial charge in [0, 0.05) is 25.8 Å². The van der Waals surface area contributed by atoms with Crippen LogP contribution >= 0.6 is 0 Å². The molecular formula is C11H14FNO3. The third-order valence-electron chi connectivity index (χ3n) is 2.09. The fourth-order valence-corrected chi connectivity index (χ4v) is 1.24. The molecule has 0 heterocycles. The van der Waals surface area contributed by atoms with Gasteiger partial charge in [0.05, 0.1) is 12.2 Å². The SMILES string of the molecule is COCCNCc1cc(C(=O)O)ccc1F. The normalized spacial score (nSPS) is 10.4. The molecule has 0 saturated carbocycles. The van der Waals surface area contributed by atoms with Gasteiger partial charge in [0.2, 0.25) is 0 Å². The Hall–Kier alpha value is -1.46. The fraction of sp³-hybridized carbons (Fsp3) is 0.364. The van der Waals surface area contributed by atoms with E-state index in [1.807, 2.05) is 0 Å². The highest BCUT2D eigenvalue weighted by Crippen LogP contribution is 2.10. The van der Waals surface area contributed by atoms with Crippen molar-refractivity contribution in [1.29, 1.82) is 0 Å². The van der Waals surface area contributed by atoms with Crippen LogP contribution in [0.5, 0.6) is 0 Å². The molecule has 16 heavy (non-hydrogen) atoms. The molecular weight excluding hydrogens is 213 g/mol. The second-order valence-electron chi connectivity index (χ2n) is 3.28. The van der Waals surface area contributed by atoms with E-state index >= 15 is 0 Å². The maximum atomic E-state index is 13.3. The Morgan fingerprint density at radius 1 is 1.56 bits per heavy atom. The molecule has 0 spiro atoms. The Labute approximate surface area is 93.0 Å². The number of carbonyl (C=O) groups is 1. The quantitative estimate of drug-likeness (QED) is 0.718. The second-order valence-corrected chi connectivity index (χ2v) is 3.28. The number of halogens is 1. The van der Waals surface area contributed by atoms with Gasteiger partial charge in [0.1, 0.15) is 5.82 Å². The molecule has 1 rings (SSSR count). The maximum absolute atomic E-state index is 13.3. The van der Waals surface area contributed by atoms with Crippen molar-refractivity contribution in [2.45, 2.75) is 6.54 Å². The van der Waals surface area contributed by atoms with Gasteiger partial charge in [-0.05, 0) is 18.2 Å². The molecule has 0 atom stereocenters. The molecule has 0 aromatic heterocycles. The zero-order valence-corrected chi connectivity index (χ0v) is 9.00. The first-order valence-electron chi connectivity index (χ1n) is 4.86. The molecule has 0 radical (unpaired) electrons. The van der Waals surface area contributed by atoms with E-state index in [9.17, 15) is 9.18 Å². The molecule has 0 bridgehead atoms. The van der Waals surface area contributed by atoms with E-state index in [1.165, 1.54) is 12.1 Å². The second kappa shape index (κ2) is 6.19. The van der Waals surface area contributed by atoms with E-state index in [0.717, 1.165) is 6.07 Å². The van der Waals surface area contributed by atoms with Crippen molar-refractivity contribution in [3.63, 3.8) is 0 Å². The minimum absolute atomic E-state index is 0.0879. The van der Waals surface area contributed by atoms with Gasteiger partial charge < -0.3 is 15.2 Å². The largest absolute Gasteiger partial charge is 0.478 e. The summed E-state index contributed by atoms with van der Waals surface area (Å²) in [4.78, 5) is 10.7. The van der Waals surface area contributed by atoms with Gasteiger partial charge in [0.15, 0.2) is 0 Å². The molecule has 0 saturated heterocycles. The number of carboxylic acid groups (broad SMARTS) is 1. The highest BCUT2D eigenvalue weighted by Gasteiger charge is 2.07. The average Bonchev–Trinajstić information content (AvgIpc) is 2.26. The molecule has 0 aliphatic carbocycles. The van der Waals surface area contributed by atoms with Crippen LogP contribution in [0.15, 0.2) is 18.2 Å². The Bertz CT molecular complexity index is 368. The molecule has 0 aliphatic rings. The summed E-state index contributed by atoms with van der Waals surface area (Å²) in [5.74, 6) is -1.46. The van der Waals surface area contributed by atoms with Crippen molar-refractivity contribution in [3.8, 4) is 0 Å². The van der Waals surface area contributed by atoms with E-state index in [4.69, 9.17) is 9.84 Å². The van der Waals surface area contributed by atoms with E-state index in [-0.39, 0.29) is 12.1 Å². The summed E-state index contributed by atoms with van der Waals surface area (Å²) in [6.07, 6.45) is 0. The lowest BCUT2D eigenvalue weighted by Crippen LogP contribution is -2.19. The highest BCUT2D eigenvalue weighted by atomic mass is 19.1. The third-order valence-corrected chi connectivity index (χ3v) is 2.09. The lowest BCUT2D eigenvalue weighted by Gasteiger charge is -2.06. The van der Waals surface area contributed by atoms with Crippen molar-refractivity contribution in [2.24, 2.45) is 0 Å². The molecule has 1 aromatic carbocycles. The Balaban J connectivity index is 2.63. The van der Waals surface area contributed by atoms with Crippen LogP contribution in [0.1, 0.15) is 15.9 Å². The van der Waals surface area contributed by atoms with Gasteiger partial charge in [-0.25, -0.2) is 9.18 Å². The van der Waals surface area contributed by atoms with E-state index in [1.54, 1.807) is 7.11 Å². The van der Waals surface area contributed by atoms with Gasteiger partial charge in [-0.2, -0.15) is 0 Å². The molecule has 0 amide bonds. The number of benzene rings is 1. The van der Waals surface area contributed by atoms with Crippen LogP contribution in [0.3, 0.4) is 0 Å². The average molecular weight is 227 g/mol. The zero-order chi connectivity index (χ0) is 12.0. The van der Waals surface area contributed by atoms with Gasteiger partial charge in [-0.1, -0.05) is 0 Å². The molecule has 88 valence electrons. The number of carboxylic acids is 1. The molecule has 1 aromatic rings. The van der Waals surface area contributed by atoms with Crippen molar-refractivity contribution in [2.75, 3.05) is 20.3 Å². The molecule has 5 heteroatoms. The predicted octanol–water partition coefficient (Wildman–Crippen LogP) is 1.26. The van der Waals surface area contributed by atoms with Crippen molar-refractivity contribution in [3.05, 3.63) is 35.1 Å². The summed E-state index contributed by atoms with van der Waals surface area (Å²) in [6, 6.07) is 3.74. The molecule has 0 unspecified atom stereocenters. The van der Waals surface area contributed by atoms with Gasteiger partial charge in [-0.3, -0.25) is 0 Å². The van der Waals surface area contributed by atoms with Crippen molar-refractivity contribution in [1.82, 2.24) is 5.32 Å². The van der Waals surface area contributed by atoms with Crippen LogP contribution in [0.2, 0.25) is 0 Å². The summed E-state index contributed by atoms with van der Waals surface area (Å²) >= 11 is 0. The number of methoxy groups -OCH3 is 1. The smallest absolute Gasteiger partial charge is 0.335 e. The Morgan fingerprint density at radius 3 is 2.94 bits per heavy atom. The van der Waals surface area contributed by atoms with E-state index in [2.05, 4.69) is 5.32 Å². The van der Waals surface area contributed by atoms with Crippen molar-refractivity contribution < 1.29 is 19.0 Å². The summed E-state index contributed by atoms with van der Waals surface area (Å²) in [5, 5.41) is 11.7.